The van der Waals surface area contributed by atoms with Crippen molar-refractivity contribution in [2.24, 2.45) is 5.92 Å². The summed E-state index contributed by atoms with van der Waals surface area (Å²) in [5.41, 5.74) is 0. The van der Waals surface area contributed by atoms with E-state index in [9.17, 15) is 0 Å². The molecule has 0 saturated heterocycles. The summed E-state index contributed by atoms with van der Waals surface area (Å²) in [6, 6.07) is 4.58. The van der Waals surface area contributed by atoms with Crippen LogP contribution in [0.1, 0.15) is 44.6 Å². The lowest BCUT2D eigenvalue weighted by atomic mass is 10.2. The van der Waals surface area contributed by atoms with Gasteiger partial charge in [-0.1, -0.05) is 19.9 Å². The van der Waals surface area contributed by atoms with Crippen molar-refractivity contribution < 1.29 is 4.42 Å². The standard InChI is InChI=1S/C14H21NO/c1-4-15-11(3)5-6-12-7-8-14(16-12)13-9-10(13)2/h5-8,10-11,13,15H,4,9H2,1-3H3/b6-5+. The van der Waals surface area contributed by atoms with Crippen LogP contribution in [0.25, 0.3) is 6.08 Å². The molecule has 0 aromatic carbocycles. The van der Waals surface area contributed by atoms with Crippen LogP contribution < -0.4 is 5.32 Å². The lowest BCUT2D eigenvalue weighted by Gasteiger charge is -2.04. The number of likely N-dealkylation sites (N-methyl/N-ethyl adjacent to an activating group) is 1. The summed E-state index contributed by atoms with van der Waals surface area (Å²) in [6.07, 6.45) is 5.48. The largest absolute Gasteiger partial charge is 0.461 e. The molecule has 16 heavy (non-hydrogen) atoms. The molecule has 88 valence electrons. The average molecular weight is 219 g/mol. The monoisotopic (exact) mass is 219 g/mol. The Balaban J connectivity index is 1.92. The lowest BCUT2D eigenvalue weighted by molar-refractivity contribution is 0.497. The van der Waals surface area contributed by atoms with Crippen LogP contribution in [-0.4, -0.2) is 12.6 Å². The second kappa shape index (κ2) is 4.88. The van der Waals surface area contributed by atoms with E-state index in [0.29, 0.717) is 12.0 Å². The Hall–Kier alpha value is -1.02. The van der Waals surface area contributed by atoms with Crippen LogP contribution in [-0.2, 0) is 0 Å². The zero-order valence-electron chi connectivity index (χ0n) is 10.4. The van der Waals surface area contributed by atoms with E-state index in [0.717, 1.165) is 24.0 Å². The number of rotatable bonds is 5. The van der Waals surface area contributed by atoms with Crippen molar-refractivity contribution >= 4 is 6.08 Å². The van der Waals surface area contributed by atoms with Crippen molar-refractivity contribution in [3.63, 3.8) is 0 Å². The molecule has 3 unspecified atom stereocenters. The molecule has 1 saturated carbocycles. The van der Waals surface area contributed by atoms with Crippen LogP contribution in [0, 0.1) is 5.92 Å². The van der Waals surface area contributed by atoms with Crippen LogP contribution in [0.15, 0.2) is 22.6 Å². The van der Waals surface area contributed by atoms with Crippen molar-refractivity contribution in [2.75, 3.05) is 6.54 Å². The van der Waals surface area contributed by atoms with E-state index in [4.69, 9.17) is 4.42 Å². The van der Waals surface area contributed by atoms with Gasteiger partial charge >= 0.3 is 0 Å². The van der Waals surface area contributed by atoms with Crippen LogP contribution in [0.4, 0.5) is 0 Å². The molecule has 0 radical (unpaired) electrons. The van der Waals surface area contributed by atoms with E-state index in [-0.39, 0.29) is 0 Å². The van der Waals surface area contributed by atoms with Gasteiger partial charge in [0.05, 0.1) is 0 Å². The second-order valence-electron chi connectivity index (χ2n) is 4.77. The number of hydrogen-bond donors (Lipinski definition) is 1. The number of furan rings is 1. The predicted molar refractivity (Wildman–Crippen MR) is 67.4 cm³/mol. The summed E-state index contributed by atoms with van der Waals surface area (Å²) < 4.78 is 5.79. The zero-order valence-corrected chi connectivity index (χ0v) is 10.4. The molecule has 2 heteroatoms. The van der Waals surface area contributed by atoms with Gasteiger partial charge in [0.25, 0.3) is 0 Å². The maximum Gasteiger partial charge on any atom is 0.126 e. The molecule has 1 aliphatic rings. The van der Waals surface area contributed by atoms with Gasteiger partial charge in [-0.25, -0.2) is 0 Å². The summed E-state index contributed by atoms with van der Waals surface area (Å²) in [5.74, 6) is 3.61. The minimum absolute atomic E-state index is 0.401. The van der Waals surface area contributed by atoms with Gasteiger partial charge in [0.2, 0.25) is 0 Å². The van der Waals surface area contributed by atoms with Gasteiger partial charge in [-0.15, -0.1) is 0 Å². The van der Waals surface area contributed by atoms with Crippen LogP contribution in [0.2, 0.25) is 0 Å². The highest BCUT2D eigenvalue weighted by molar-refractivity contribution is 5.44. The highest BCUT2D eigenvalue weighted by Crippen LogP contribution is 2.47. The van der Waals surface area contributed by atoms with E-state index in [1.165, 1.54) is 6.42 Å². The Bertz CT molecular complexity index is 367. The first-order valence-corrected chi connectivity index (χ1v) is 6.22. The second-order valence-corrected chi connectivity index (χ2v) is 4.77. The molecule has 0 bridgehead atoms. The SMILES string of the molecule is CCNC(C)/C=C/c1ccc(C2CC2C)o1. The van der Waals surface area contributed by atoms with Gasteiger partial charge in [-0.3, -0.25) is 0 Å². The first-order chi connectivity index (χ1) is 7.70. The predicted octanol–water partition coefficient (Wildman–Crippen LogP) is 3.41. The van der Waals surface area contributed by atoms with Gasteiger partial charge in [-0.2, -0.15) is 0 Å². The zero-order chi connectivity index (χ0) is 11.5. The lowest BCUT2D eigenvalue weighted by Crippen LogP contribution is -2.22. The molecule has 1 N–H and O–H groups in total. The first-order valence-electron chi connectivity index (χ1n) is 6.22. The fraction of sp³-hybridized carbons (Fsp3) is 0.571. The van der Waals surface area contributed by atoms with E-state index in [1.807, 2.05) is 0 Å². The Morgan fingerprint density at radius 1 is 1.56 bits per heavy atom. The maximum absolute atomic E-state index is 5.79. The molecule has 1 aliphatic carbocycles. The Morgan fingerprint density at radius 3 is 2.94 bits per heavy atom. The normalized spacial score (nSPS) is 26.2. The molecule has 1 aromatic heterocycles. The van der Waals surface area contributed by atoms with Gasteiger partial charge in [-0.05, 0) is 44.0 Å². The highest BCUT2D eigenvalue weighted by Gasteiger charge is 2.36. The fourth-order valence-electron chi connectivity index (χ4n) is 2.00. The van der Waals surface area contributed by atoms with Crippen molar-refractivity contribution in [1.29, 1.82) is 0 Å². The van der Waals surface area contributed by atoms with E-state index < -0.39 is 0 Å². The topological polar surface area (TPSA) is 25.2 Å². The summed E-state index contributed by atoms with van der Waals surface area (Å²) in [5, 5.41) is 3.34. The minimum Gasteiger partial charge on any atom is -0.461 e. The third kappa shape index (κ3) is 2.76. The Labute approximate surface area is 97.7 Å². The van der Waals surface area contributed by atoms with E-state index >= 15 is 0 Å². The molecule has 0 aliphatic heterocycles. The maximum atomic E-state index is 5.79. The van der Waals surface area contributed by atoms with Crippen LogP contribution in [0.5, 0.6) is 0 Å². The molecule has 1 aromatic rings. The number of hydrogen-bond acceptors (Lipinski definition) is 2. The molecular weight excluding hydrogens is 198 g/mol. The van der Waals surface area contributed by atoms with Crippen LogP contribution in [0.3, 0.4) is 0 Å². The highest BCUT2D eigenvalue weighted by atomic mass is 16.3. The minimum atomic E-state index is 0.401. The van der Waals surface area contributed by atoms with Gasteiger partial charge in [0, 0.05) is 12.0 Å². The summed E-state index contributed by atoms with van der Waals surface area (Å²) in [4.78, 5) is 0. The summed E-state index contributed by atoms with van der Waals surface area (Å²) in [6.45, 7) is 7.53. The van der Waals surface area contributed by atoms with Crippen molar-refractivity contribution in [2.45, 2.75) is 39.2 Å². The van der Waals surface area contributed by atoms with E-state index in [1.54, 1.807) is 0 Å². The molecule has 1 fully saturated rings. The van der Waals surface area contributed by atoms with Gasteiger partial charge < -0.3 is 9.73 Å². The summed E-state index contributed by atoms with van der Waals surface area (Å²) >= 11 is 0. The first kappa shape index (κ1) is 11.5. The molecule has 1 heterocycles. The quantitative estimate of drug-likeness (QED) is 0.821. The van der Waals surface area contributed by atoms with Gasteiger partial charge in [0.1, 0.15) is 11.5 Å². The fourth-order valence-corrected chi connectivity index (χ4v) is 2.00. The van der Waals surface area contributed by atoms with Crippen molar-refractivity contribution in [3.05, 3.63) is 29.7 Å². The third-order valence-corrected chi connectivity index (χ3v) is 3.20. The third-order valence-electron chi connectivity index (χ3n) is 3.20. The van der Waals surface area contributed by atoms with Gasteiger partial charge in [0.15, 0.2) is 0 Å². The Kier molecular flexibility index (Phi) is 3.49. The molecule has 3 atom stereocenters. The molecule has 2 rings (SSSR count). The molecule has 0 spiro atoms. The average Bonchev–Trinajstić information content (AvgIpc) is 2.80. The smallest absolute Gasteiger partial charge is 0.126 e. The molecule has 0 amide bonds. The van der Waals surface area contributed by atoms with Crippen molar-refractivity contribution in [1.82, 2.24) is 5.32 Å². The molecular formula is C14H21NO. The number of nitrogens with one attached hydrogen (secondary N) is 1. The summed E-state index contributed by atoms with van der Waals surface area (Å²) in [7, 11) is 0. The Morgan fingerprint density at radius 2 is 2.31 bits per heavy atom. The molecule has 2 nitrogen and oxygen atoms in total. The van der Waals surface area contributed by atoms with Crippen molar-refractivity contribution in [3.8, 4) is 0 Å². The van der Waals surface area contributed by atoms with E-state index in [2.05, 4.69) is 50.4 Å². The van der Waals surface area contributed by atoms with Crippen LogP contribution >= 0.6 is 0 Å².